The lowest BCUT2D eigenvalue weighted by molar-refractivity contribution is -0.126. The summed E-state index contributed by atoms with van der Waals surface area (Å²) in [4.78, 5) is 8.95. The van der Waals surface area contributed by atoms with Gasteiger partial charge in [-0.05, 0) is 19.3 Å². The molecule has 1 heterocycles. The molecule has 0 atom stereocenters. The predicted octanol–water partition coefficient (Wildman–Crippen LogP) is 1.48. The third-order valence-corrected chi connectivity index (χ3v) is 3.19. The fraction of sp³-hybridized carbons (Fsp3) is 0.385. The van der Waals surface area contributed by atoms with Crippen molar-refractivity contribution in [2.24, 2.45) is 0 Å². The van der Waals surface area contributed by atoms with E-state index in [2.05, 4.69) is 9.84 Å². The number of carbonyl (C=O) groups excluding carboxylic acids is 1. The smallest absolute Gasteiger partial charge is 0.292 e. The number of ether oxygens (including phenoxy) is 1. The monoisotopic (exact) mass is 260 g/mol. The van der Waals surface area contributed by atoms with Crippen molar-refractivity contribution < 1.29 is 13.9 Å². The summed E-state index contributed by atoms with van der Waals surface area (Å²) in [6, 6.07) is 3.55. The second kappa shape index (κ2) is 5.86. The lowest BCUT2D eigenvalue weighted by atomic mass is 9.93. The molecule has 0 bridgehead atoms. The first-order valence-corrected chi connectivity index (χ1v) is 6.06. The van der Waals surface area contributed by atoms with E-state index in [0.29, 0.717) is 18.0 Å². The Morgan fingerprint density at radius 1 is 1.53 bits per heavy atom. The molecule has 0 saturated heterocycles. The van der Waals surface area contributed by atoms with E-state index in [9.17, 15) is 4.39 Å². The third-order valence-electron chi connectivity index (χ3n) is 3.19. The van der Waals surface area contributed by atoms with E-state index >= 15 is 0 Å². The highest BCUT2D eigenvalue weighted by atomic mass is 19.1. The number of benzene rings is 1. The molecule has 0 amide bonds. The number of nitrogens with zero attached hydrogens (tertiary/aromatic N) is 2. The quantitative estimate of drug-likeness (QED) is 0.606. The van der Waals surface area contributed by atoms with Gasteiger partial charge in [-0.3, -0.25) is 9.48 Å². The first kappa shape index (κ1) is 13.6. The van der Waals surface area contributed by atoms with E-state index in [4.69, 9.17) is 12.6 Å². The topological polar surface area (TPSA) is 44.1 Å². The van der Waals surface area contributed by atoms with Crippen LogP contribution in [0.25, 0.3) is 10.9 Å². The molecule has 0 aliphatic heterocycles. The van der Waals surface area contributed by atoms with Crippen molar-refractivity contribution in [3.63, 3.8) is 0 Å². The molecule has 2 radical (unpaired) electrons. The zero-order chi connectivity index (χ0) is 13.8. The summed E-state index contributed by atoms with van der Waals surface area (Å²) in [6.45, 7) is 0.375. The molecule has 0 N–H and O–H groups in total. The Morgan fingerprint density at radius 2 is 2.21 bits per heavy atom. The van der Waals surface area contributed by atoms with Gasteiger partial charge in [-0.2, -0.15) is 5.10 Å². The summed E-state index contributed by atoms with van der Waals surface area (Å²) in [6.07, 6.45) is 5.56. The molecular weight excluding hydrogens is 246 g/mol. The van der Waals surface area contributed by atoms with Crippen molar-refractivity contribution in [1.29, 1.82) is 0 Å². The van der Waals surface area contributed by atoms with Crippen molar-refractivity contribution in [3.05, 3.63) is 24.1 Å². The Balaban J connectivity index is 0.000000297. The average molecular weight is 260 g/mol. The molecule has 1 saturated carbocycles. The lowest BCUT2D eigenvalue weighted by Crippen LogP contribution is -2.16. The fourth-order valence-electron chi connectivity index (χ4n) is 1.92. The minimum absolute atomic E-state index is 0.190. The number of hydrogen-bond acceptors (Lipinski definition) is 3. The molecular formula is C13H14BFN2O2. The largest absolute Gasteiger partial charge is 0.471 e. The van der Waals surface area contributed by atoms with Gasteiger partial charge in [0.25, 0.3) is 6.47 Å². The van der Waals surface area contributed by atoms with Crippen molar-refractivity contribution in [2.45, 2.75) is 25.3 Å². The van der Waals surface area contributed by atoms with Gasteiger partial charge in [-0.1, -0.05) is 11.5 Å². The van der Waals surface area contributed by atoms with Crippen molar-refractivity contribution in [1.82, 2.24) is 9.78 Å². The van der Waals surface area contributed by atoms with E-state index in [1.165, 1.54) is 32.4 Å². The van der Waals surface area contributed by atoms with Crippen LogP contribution in [0.1, 0.15) is 25.3 Å². The molecule has 0 spiro atoms. The van der Waals surface area contributed by atoms with Crippen LogP contribution in [0.4, 0.5) is 4.39 Å². The van der Waals surface area contributed by atoms with E-state index in [-0.39, 0.29) is 11.3 Å². The second-order valence-electron chi connectivity index (χ2n) is 4.46. The van der Waals surface area contributed by atoms with Crippen LogP contribution in [0.2, 0.25) is 0 Å². The molecule has 1 aliphatic rings. The van der Waals surface area contributed by atoms with E-state index in [0.717, 1.165) is 5.39 Å². The van der Waals surface area contributed by atoms with Crippen LogP contribution in [-0.2, 0) is 9.53 Å². The summed E-state index contributed by atoms with van der Waals surface area (Å²) in [5.74, 6) is -0.388. The SMILES string of the molecule is COC=O.[B]c1cc2cn(C3CCC3)nc2cc1F. The number of fused-ring (bicyclic) bond motifs is 1. The molecule has 4 nitrogen and oxygen atoms in total. The van der Waals surface area contributed by atoms with Gasteiger partial charge < -0.3 is 4.74 Å². The average Bonchev–Trinajstić information content (AvgIpc) is 2.70. The minimum Gasteiger partial charge on any atom is -0.471 e. The molecule has 0 unspecified atom stereocenters. The van der Waals surface area contributed by atoms with Gasteiger partial charge in [0.05, 0.1) is 18.7 Å². The van der Waals surface area contributed by atoms with Gasteiger partial charge in [0, 0.05) is 17.6 Å². The maximum absolute atomic E-state index is 13.2. The van der Waals surface area contributed by atoms with Gasteiger partial charge >= 0.3 is 0 Å². The number of hydrogen-bond donors (Lipinski definition) is 0. The third kappa shape index (κ3) is 2.94. The highest BCUT2D eigenvalue weighted by Gasteiger charge is 2.20. The molecule has 3 rings (SSSR count). The summed E-state index contributed by atoms with van der Waals surface area (Å²) < 4.78 is 19.0. The van der Waals surface area contributed by atoms with Crippen LogP contribution in [-0.4, -0.2) is 31.2 Å². The Hall–Kier alpha value is -1.85. The molecule has 1 fully saturated rings. The molecule has 19 heavy (non-hydrogen) atoms. The number of carbonyl (C=O) groups is 1. The standard InChI is InChI=1S/C11H10BFN2.C2H4O2/c12-9-4-7-6-15(8-2-1-3-8)14-11(7)5-10(9)13;1-4-2-3/h4-6,8H,1-3H2;2H,1H3. The second-order valence-corrected chi connectivity index (χ2v) is 4.46. The highest BCUT2D eigenvalue weighted by molar-refractivity contribution is 6.33. The van der Waals surface area contributed by atoms with E-state index < -0.39 is 0 Å². The van der Waals surface area contributed by atoms with Crippen molar-refractivity contribution >= 4 is 30.7 Å². The number of methoxy groups -OCH3 is 1. The van der Waals surface area contributed by atoms with Crippen LogP contribution in [0.3, 0.4) is 0 Å². The summed E-state index contributed by atoms with van der Waals surface area (Å²) in [7, 11) is 6.82. The van der Waals surface area contributed by atoms with Crippen molar-refractivity contribution in [2.75, 3.05) is 7.11 Å². The Labute approximate surface area is 112 Å². The summed E-state index contributed by atoms with van der Waals surface area (Å²) in [5.41, 5.74) is 0.879. The van der Waals surface area contributed by atoms with E-state index in [1.54, 1.807) is 6.07 Å². The van der Waals surface area contributed by atoms with Gasteiger partial charge in [0.15, 0.2) is 0 Å². The van der Waals surface area contributed by atoms with Gasteiger partial charge in [0.2, 0.25) is 0 Å². The molecule has 1 aromatic heterocycles. The molecule has 98 valence electrons. The molecule has 1 aromatic carbocycles. The number of halogens is 1. The van der Waals surface area contributed by atoms with Gasteiger partial charge in [0.1, 0.15) is 13.7 Å². The Bertz CT molecular complexity index is 542. The molecule has 2 aromatic rings. The fourth-order valence-corrected chi connectivity index (χ4v) is 1.92. The number of rotatable bonds is 2. The maximum Gasteiger partial charge on any atom is 0.292 e. The maximum atomic E-state index is 13.2. The van der Waals surface area contributed by atoms with E-state index in [1.807, 2.05) is 10.9 Å². The number of aromatic nitrogens is 2. The minimum atomic E-state index is -0.388. The van der Waals surface area contributed by atoms with Crippen molar-refractivity contribution in [3.8, 4) is 0 Å². The summed E-state index contributed by atoms with van der Waals surface area (Å²) >= 11 is 0. The predicted molar refractivity (Wildman–Crippen MR) is 71.0 cm³/mol. The van der Waals surface area contributed by atoms with Crippen LogP contribution in [0.5, 0.6) is 0 Å². The Kier molecular flexibility index (Phi) is 4.19. The van der Waals surface area contributed by atoms with Crippen LogP contribution >= 0.6 is 0 Å². The normalized spacial score (nSPS) is 14.4. The molecule has 1 aliphatic carbocycles. The van der Waals surface area contributed by atoms with Crippen LogP contribution in [0.15, 0.2) is 18.3 Å². The highest BCUT2D eigenvalue weighted by Crippen LogP contribution is 2.31. The first-order valence-electron chi connectivity index (χ1n) is 6.06. The molecule has 6 heteroatoms. The zero-order valence-electron chi connectivity index (χ0n) is 10.7. The van der Waals surface area contributed by atoms with Gasteiger partial charge in [-0.25, -0.2) is 4.39 Å². The van der Waals surface area contributed by atoms with Gasteiger partial charge in [-0.15, -0.1) is 0 Å². The Morgan fingerprint density at radius 3 is 2.74 bits per heavy atom. The zero-order valence-corrected chi connectivity index (χ0v) is 10.7. The first-order chi connectivity index (χ1) is 9.15. The van der Waals surface area contributed by atoms with Crippen LogP contribution in [0, 0.1) is 5.82 Å². The summed E-state index contributed by atoms with van der Waals surface area (Å²) in [5, 5.41) is 5.28. The van der Waals surface area contributed by atoms with Crippen LogP contribution < -0.4 is 5.46 Å². The lowest BCUT2D eigenvalue weighted by Gasteiger charge is -2.25.